The summed E-state index contributed by atoms with van der Waals surface area (Å²) in [5.41, 5.74) is 6.06. The molecule has 0 aliphatic rings. The van der Waals surface area contributed by atoms with Crippen LogP contribution in [0.4, 0.5) is 15.8 Å². The second kappa shape index (κ2) is 8.78. The molecule has 0 aliphatic carbocycles. The maximum atomic E-state index is 14.6. The van der Waals surface area contributed by atoms with Crippen molar-refractivity contribution in [2.75, 3.05) is 17.1 Å². The zero-order chi connectivity index (χ0) is 22.8. The van der Waals surface area contributed by atoms with E-state index in [2.05, 4.69) is 10.0 Å². The topological polar surface area (TPSA) is 124 Å². The van der Waals surface area contributed by atoms with Gasteiger partial charge in [-0.3, -0.25) is 9.52 Å². The lowest BCUT2D eigenvalue weighted by atomic mass is 10.1. The van der Waals surface area contributed by atoms with E-state index in [0.717, 1.165) is 6.07 Å². The Labute approximate surface area is 179 Å². The first-order valence-corrected chi connectivity index (χ1v) is 10.7. The van der Waals surface area contributed by atoms with Gasteiger partial charge >= 0.3 is 0 Å². The molecule has 2 aromatic carbocycles. The Hall–Kier alpha value is -3.37. The number of sulfonamides is 1. The van der Waals surface area contributed by atoms with Gasteiger partial charge < -0.3 is 20.2 Å². The summed E-state index contributed by atoms with van der Waals surface area (Å²) >= 11 is 0. The molecule has 4 N–H and O–H groups in total. The first-order chi connectivity index (χ1) is 14.6. The Morgan fingerprint density at radius 1 is 1.16 bits per heavy atom. The van der Waals surface area contributed by atoms with Crippen LogP contribution in [0, 0.1) is 12.7 Å². The molecule has 10 heteroatoms. The van der Waals surface area contributed by atoms with Crippen LogP contribution in [0.2, 0.25) is 0 Å². The van der Waals surface area contributed by atoms with Crippen molar-refractivity contribution in [3.05, 3.63) is 60.1 Å². The molecule has 0 radical (unpaired) electrons. The number of hydrogen-bond donors (Lipinski definition) is 3. The van der Waals surface area contributed by atoms with Gasteiger partial charge in [0.2, 0.25) is 5.91 Å². The molecule has 0 unspecified atom stereocenters. The predicted octanol–water partition coefficient (Wildman–Crippen LogP) is 3.49. The van der Waals surface area contributed by atoms with E-state index < -0.39 is 27.8 Å². The number of hydrogen-bond acceptors (Lipinski definition) is 6. The van der Waals surface area contributed by atoms with Crippen LogP contribution in [-0.4, -0.2) is 27.5 Å². The van der Waals surface area contributed by atoms with E-state index in [1.165, 1.54) is 44.4 Å². The van der Waals surface area contributed by atoms with Crippen molar-refractivity contribution in [3.63, 3.8) is 0 Å². The van der Waals surface area contributed by atoms with Crippen LogP contribution in [0.5, 0.6) is 5.75 Å². The molecule has 0 fully saturated rings. The van der Waals surface area contributed by atoms with Gasteiger partial charge in [-0.1, -0.05) is 0 Å². The molecular weight excluding hydrogens is 425 g/mol. The number of aryl methyl sites for hydroxylation is 1. The Kier molecular flexibility index (Phi) is 6.32. The molecule has 1 atom stereocenters. The molecule has 1 heterocycles. The third kappa shape index (κ3) is 5.04. The number of anilines is 2. The average molecular weight is 447 g/mol. The van der Waals surface area contributed by atoms with Crippen LogP contribution in [0.3, 0.4) is 0 Å². The predicted molar refractivity (Wildman–Crippen MR) is 115 cm³/mol. The Morgan fingerprint density at radius 3 is 2.48 bits per heavy atom. The molecule has 8 nitrogen and oxygen atoms in total. The van der Waals surface area contributed by atoms with Crippen molar-refractivity contribution >= 4 is 27.3 Å². The maximum absolute atomic E-state index is 14.6. The molecule has 0 saturated carbocycles. The van der Waals surface area contributed by atoms with Crippen LogP contribution in [0.1, 0.15) is 12.7 Å². The molecule has 0 bridgehead atoms. The fraction of sp³-hybridized carbons (Fsp3) is 0.190. The first-order valence-electron chi connectivity index (χ1n) is 9.24. The quantitative estimate of drug-likeness (QED) is 0.509. The van der Waals surface area contributed by atoms with Gasteiger partial charge in [0, 0.05) is 5.69 Å². The number of nitrogens with one attached hydrogen (secondary N) is 2. The number of methoxy groups -OCH3 is 1. The zero-order valence-electron chi connectivity index (χ0n) is 17.1. The Morgan fingerprint density at radius 2 is 1.90 bits per heavy atom. The third-order valence-electron chi connectivity index (χ3n) is 4.38. The third-order valence-corrected chi connectivity index (χ3v) is 5.74. The van der Waals surface area contributed by atoms with Crippen LogP contribution >= 0.6 is 0 Å². The van der Waals surface area contributed by atoms with Crippen molar-refractivity contribution in [1.29, 1.82) is 0 Å². The highest BCUT2D eigenvalue weighted by Crippen LogP contribution is 2.31. The zero-order valence-corrected chi connectivity index (χ0v) is 17.9. The SMILES string of the molecule is COc1ccc(NC(=O)[C@H](C)N)cc1NS(=O)(=O)c1ccc(-c2ccc(C)o2)c(F)c1. The minimum atomic E-state index is -4.16. The molecule has 0 spiro atoms. The Balaban J connectivity index is 1.91. The van der Waals surface area contributed by atoms with Gasteiger partial charge in [0.1, 0.15) is 23.1 Å². The van der Waals surface area contributed by atoms with E-state index in [1.54, 1.807) is 19.1 Å². The second-order valence-electron chi connectivity index (χ2n) is 6.85. The molecule has 164 valence electrons. The molecule has 3 rings (SSSR count). The molecular formula is C21H22FN3O5S. The average Bonchev–Trinajstić information content (AvgIpc) is 3.13. The minimum absolute atomic E-state index is 0.0659. The summed E-state index contributed by atoms with van der Waals surface area (Å²) in [5, 5.41) is 2.57. The van der Waals surface area contributed by atoms with Gasteiger partial charge in [-0.05, 0) is 62.4 Å². The van der Waals surface area contributed by atoms with Gasteiger partial charge in [-0.25, -0.2) is 12.8 Å². The van der Waals surface area contributed by atoms with Gasteiger partial charge in [0.25, 0.3) is 10.0 Å². The molecule has 1 aromatic heterocycles. The van der Waals surface area contributed by atoms with Crippen molar-refractivity contribution in [2.45, 2.75) is 24.8 Å². The summed E-state index contributed by atoms with van der Waals surface area (Å²) in [6, 6.07) is 10.5. The summed E-state index contributed by atoms with van der Waals surface area (Å²) in [6.07, 6.45) is 0. The summed E-state index contributed by atoms with van der Waals surface area (Å²) in [7, 11) is -2.79. The molecule has 0 saturated heterocycles. The number of carbonyl (C=O) groups excluding carboxylic acids is 1. The number of halogens is 1. The molecule has 0 aliphatic heterocycles. The number of benzene rings is 2. The second-order valence-corrected chi connectivity index (χ2v) is 8.53. The number of rotatable bonds is 7. The lowest BCUT2D eigenvalue weighted by Crippen LogP contribution is -2.32. The molecule has 31 heavy (non-hydrogen) atoms. The maximum Gasteiger partial charge on any atom is 0.262 e. The summed E-state index contributed by atoms with van der Waals surface area (Å²) in [5.74, 6) is -0.0699. The number of ether oxygens (including phenoxy) is 1. The van der Waals surface area contributed by atoms with Gasteiger partial charge in [-0.15, -0.1) is 0 Å². The van der Waals surface area contributed by atoms with E-state index in [4.69, 9.17) is 14.9 Å². The number of carbonyl (C=O) groups is 1. The lowest BCUT2D eigenvalue weighted by molar-refractivity contribution is -0.117. The van der Waals surface area contributed by atoms with Crippen LogP contribution < -0.4 is 20.5 Å². The van der Waals surface area contributed by atoms with E-state index in [9.17, 15) is 17.6 Å². The van der Waals surface area contributed by atoms with Crippen LogP contribution in [0.25, 0.3) is 11.3 Å². The number of nitrogens with two attached hydrogens (primary N) is 1. The monoisotopic (exact) mass is 447 g/mol. The highest BCUT2D eigenvalue weighted by atomic mass is 32.2. The van der Waals surface area contributed by atoms with Crippen molar-refractivity contribution in [2.24, 2.45) is 5.73 Å². The van der Waals surface area contributed by atoms with Crippen molar-refractivity contribution < 1.29 is 26.8 Å². The lowest BCUT2D eigenvalue weighted by Gasteiger charge is -2.15. The van der Waals surface area contributed by atoms with E-state index in [1.807, 2.05) is 0 Å². The highest BCUT2D eigenvalue weighted by Gasteiger charge is 2.20. The van der Waals surface area contributed by atoms with Gasteiger partial charge in [0.05, 0.1) is 29.3 Å². The van der Waals surface area contributed by atoms with Gasteiger partial charge in [0.15, 0.2) is 0 Å². The largest absolute Gasteiger partial charge is 0.495 e. The Bertz CT molecular complexity index is 1220. The van der Waals surface area contributed by atoms with Gasteiger partial charge in [-0.2, -0.15) is 0 Å². The number of amides is 1. The van der Waals surface area contributed by atoms with E-state index >= 15 is 0 Å². The van der Waals surface area contributed by atoms with E-state index in [0.29, 0.717) is 17.2 Å². The molecule has 3 aromatic rings. The fourth-order valence-corrected chi connectivity index (χ4v) is 3.84. The minimum Gasteiger partial charge on any atom is -0.495 e. The summed E-state index contributed by atoms with van der Waals surface area (Å²) in [6.45, 7) is 3.24. The van der Waals surface area contributed by atoms with E-state index in [-0.39, 0.29) is 21.9 Å². The standard InChI is InChI=1S/C21H22FN3O5S/c1-12-4-8-19(30-12)16-7-6-15(11-17(16)22)31(27,28)25-18-10-14(5-9-20(18)29-3)24-21(26)13(2)23/h4-11,13,25H,23H2,1-3H3,(H,24,26)/t13-/m0/s1. The normalized spacial score (nSPS) is 12.3. The van der Waals surface area contributed by atoms with Crippen LogP contribution in [0.15, 0.2) is 57.8 Å². The summed E-state index contributed by atoms with van der Waals surface area (Å²) < 4.78 is 53.3. The van der Waals surface area contributed by atoms with Crippen LogP contribution in [-0.2, 0) is 14.8 Å². The number of furan rings is 1. The molecule has 1 amide bonds. The van der Waals surface area contributed by atoms with Crippen molar-refractivity contribution in [3.8, 4) is 17.1 Å². The fourth-order valence-electron chi connectivity index (χ4n) is 2.77. The summed E-state index contributed by atoms with van der Waals surface area (Å²) in [4.78, 5) is 11.5. The smallest absolute Gasteiger partial charge is 0.262 e. The highest BCUT2D eigenvalue weighted by molar-refractivity contribution is 7.92. The van der Waals surface area contributed by atoms with Crippen molar-refractivity contribution in [1.82, 2.24) is 0 Å². The first kappa shape index (κ1) is 22.3.